The first kappa shape index (κ1) is 27.1. The number of benzene rings is 4. The number of nitrogens with zero attached hydrogens (tertiary/aromatic N) is 1. The molecule has 194 valence electrons. The Hall–Kier alpha value is -4.94. The molecule has 0 aliphatic rings. The molecule has 0 saturated carbocycles. The maximum absolute atomic E-state index is 13.1. The van der Waals surface area contributed by atoms with Gasteiger partial charge in [-0.1, -0.05) is 42.5 Å². The van der Waals surface area contributed by atoms with Gasteiger partial charge in [-0.2, -0.15) is 5.26 Å². The van der Waals surface area contributed by atoms with E-state index in [1.54, 1.807) is 31.2 Å². The van der Waals surface area contributed by atoms with Crippen molar-refractivity contribution in [1.82, 2.24) is 0 Å². The van der Waals surface area contributed by atoms with Crippen LogP contribution in [0, 0.1) is 11.3 Å². The minimum Gasteiger partial charge on any atom is -0.490 e. The minimum absolute atomic E-state index is 0.00536. The summed E-state index contributed by atoms with van der Waals surface area (Å²) in [6.45, 7) is 2.04. The van der Waals surface area contributed by atoms with E-state index < -0.39 is 17.8 Å². The molecule has 0 unspecified atom stereocenters. The lowest BCUT2D eigenvalue weighted by Crippen LogP contribution is -2.14. The summed E-state index contributed by atoms with van der Waals surface area (Å²) in [5.41, 5.74) is 0.816. The second kappa shape index (κ2) is 12.1. The smallest absolute Gasteiger partial charge is 0.344 e. The van der Waals surface area contributed by atoms with Crippen molar-refractivity contribution in [3.8, 4) is 17.6 Å². The molecule has 0 radical (unpaired) electrons. The molecular weight excluding hydrogens is 564 g/mol. The van der Waals surface area contributed by atoms with Gasteiger partial charge in [-0.3, -0.25) is 4.79 Å². The fourth-order valence-electron chi connectivity index (χ4n) is 3.83. The molecule has 4 rings (SSSR count). The van der Waals surface area contributed by atoms with E-state index in [-0.39, 0.29) is 34.9 Å². The number of fused-ring (bicyclic) bond motifs is 1. The number of carboxylic acid groups (broad SMARTS) is 1. The molecule has 9 heteroatoms. The highest BCUT2D eigenvalue weighted by Crippen LogP contribution is 2.38. The van der Waals surface area contributed by atoms with Crippen molar-refractivity contribution in [1.29, 1.82) is 5.26 Å². The van der Waals surface area contributed by atoms with Gasteiger partial charge in [0.25, 0.3) is 5.91 Å². The van der Waals surface area contributed by atoms with Gasteiger partial charge in [-0.05, 0) is 81.7 Å². The number of halogens is 1. The van der Waals surface area contributed by atoms with Crippen molar-refractivity contribution in [2.24, 2.45) is 0 Å². The van der Waals surface area contributed by atoms with Gasteiger partial charge in [0.1, 0.15) is 11.6 Å². The lowest BCUT2D eigenvalue weighted by atomic mass is 10.0. The Morgan fingerprint density at radius 2 is 1.77 bits per heavy atom. The van der Waals surface area contributed by atoms with Gasteiger partial charge in [0.2, 0.25) is 0 Å². The van der Waals surface area contributed by atoms with Crippen molar-refractivity contribution in [2.75, 3.05) is 11.9 Å². The Morgan fingerprint density at radius 3 is 2.51 bits per heavy atom. The minimum atomic E-state index is -1.14. The summed E-state index contributed by atoms with van der Waals surface area (Å²) >= 11 is 3.42. The van der Waals surface area contributed by atoms with E-state index in [4.69, 9.17) is 14.6 Å². The third-order valence-corrected chi connectivity index (χ3v) is 6.17. The summed E-state index contributed by atoms with van der Waals surface area (Å²) in [5.74, 6) is -2.05. The number of ether oxygens (including phenoxy) is 2. The number of esters is 1. The summed E-state index contributed by atoms with van der Waals surface area (Å²) in [6.07, 6.45) is 1.35. The first-order chi connectivity index (χ1) is 18.8. The van der Waals surface area contributed by atoms with Gasteiger partial charge in [-0.15, -0.1) is 0 Å². The number of carbonyl (C=O) groups excluding carboxylic acids is 2. The number of nitrogens with one attached hydrogen (secondary N) is 1. The summed E-state index contributed by atoms with van der Waals surface area (Å²) in [6, 6.07) is 23.5. The first-order valence-corrected chi connectivity index (χ1v) is 12.5. The molecule has 0 heterocycles. The monoisotopic (exact) mass is 584 g/mol. The van der Waals surface area contributed by atoms with Crippen LogP contribution in [0.1, 0.15) is 33.2 Å². The topological polar surface area (TPSA) is 126 Å². The average Bonchev–Trinajstić information content (AvgIpc) is 2.93. The van der Waals surface area contributed by atoms with Crippen LogP contribution in [0.2, 0.25) is 0 Å². The molecule has 0 saturated heterocycles. The molecule has 0 aromatic heterocycles. The van der Waals surface area contributed by atoms with Crippen LogP contribution in [0.5, 0.6) is 11.5 Å². The van der Waals surface area contributed by atoms with Gasteiger partial charge in [0.15, 0.2) is 11.5 Å². The zero-order chi connectivity index (χ0) is 27.9. The quantitative estimate of drug-likeness (QED) is 0.105. The van der Waals surface area contributed by atoms with Crippen LogP contribution in [0.25, 0.3) is 16.8 Å². The zero-order valence-electron chi connectivity index (χ0n) is 20.6. The standard InChI is InChI=1S/C30H21BrN2O6/c1-2-38-26-15-18(13-21(17-32)28(34)33-22-10-5-9-20(16-22)29(35)36)14-25(31)27(26)39-30(37)24-12-6-8-19-7-3-4-11-23(19)24/h3-16H,2H2,1H3,(H,33,34)(H,35,36)/b21-13+. The predicted molar refractivity (Wildman–Crippen MR) is 150 cm³/mol. The number of carboxylic acids is 1. The number of aromatic carboxylic acids is 1. The van der Waals surface area contributed by atoms with Crippen LogP contribution in [-0.4, -0.2) is 29.6 Å². The molecule has 8 nitrogen and oxygen atoms in total. The van der Waals surface area contributed by atoms with Crippen LogP contribution >= 0.6 is 15.9 Å². The first-order valence-electron chi connectivity index (χ1n) is 11.7. The molecule has 0 spiro atoms. The molecule has 4 aromatic rings. The maximum atomic E-state index is 13.1. The Morgan fingerprint density at radius 1 is 1.03 bits per heavy atom. The summed E-state index contributed by atoms with van der Waals surface area (Å²) in [7, 11) is 0. The SMILES string of the molecule is CCOc1cc(/C=C(\C#N)C(=O)Nc2cccc(C(=O)O)c2)cc(Br)c1OC(=O)c1cccc2ccccc12. The third-order valence-electron chi connectivity index (χ3n) is 5.58. The van der Waals surface area contributed by atoms with E-state index in [9.17, 15) is 19.6 Å². The van der Waals surface area contributed by atoms with Gasteiger partial charge < -0.3 is 19.9 Å². The summed E-state index contributed by atoms with van der Waals surface area (Å²) < 4.78 is 11.8. The van der Waals surface area contributed by atoms with E-state index in [0.717, 1.165) is 10.8 Å². The fraction of sp³-hybridized carbons (Fsp3) is 0.0667. The van der Waals surface area contributed by atoms with Crippen LogP contribution in [0.15, 0.2) is 88.9 Å². The summed E-state index contributed by atoms with van der Waals surface area (Å²) in [4.78, 5) is 37.1. The third kappa shape index (κ3) is 6.32. The van der Waals surface area contributed by atoms with E-state index in [2.05, 4.69) is 21.2 Å². The highest BCUT2D eigenvalue weighted by molar-refractivity contribution is 9.10. The Kier molecular flexibility index (Phi) is 8.39. The highest BCUT2D eigenvalue weighted by Gasteiger charge is 2.19. The second-order valence-electron chi connectivity index (χ2n) is 8.19. The number of anilines is 1. The molecule has 2 N–H and O–H groups in total. The molecule has 0 atom stereocenters. The largest absolute Gasteiger partial charge is 0.490 e. The van der Waals surface area contributed by atoms with Gasteiger partial charge in [0, 0.05) is 5.69 Å². The van der Waals surface area contributed by atoms with Crippen molar-refractivity contribution in [3.63, 3.8) is 0 Å². The molecule has 1 amide bonds. The second-order valence-corrected chi connectivity index (χ2v) is 9.04. The molecule has 0 fully saturated rings. The number of hydrogen-bond acceptors (Lipinski definition) is 6. The number of nitriles is 1. The van der Waals surface area contributed by atoms with Crippen LogP contribution in [0.4, 0.5) is 5.69 Å². The number of amides is 1. The lowest BCUT2D eigenvalue weighted by molar-refractivity contribution is -0.112. The maximum Gasteiger partial charge on any atom is 0.344 e. The molecule has 0 aliphatic carbocycles. The van der Waals surface area contributed by atoms with Crippen LogP contribution in [0.3, 0.4) is 0 Å². The van der Waals surface area contributed by atoms with Gasteiger partial charge >= 0.3 is 11.9 Å². The molecule has 39 heavy (non-hydrogen) atoms. The van der Waals surface area contributed by atoms with Crippen molar-refractivity contribution < 1.29 is 29.0 Å². The predicted octanol–water partition coefficient (Wildman–Crippen LogP) is 6.46. The normalized spacial score (nSPS) is 10.9. The fourth-order valence-corrected chi connectivity index (χ4v) is 4.37. The van der Waals surface area contributed by atoms with Crippen molar-refractivity contribution >= 4 is 56.3 Å². The van der Waals surface area contributed by atoms with Crippen molar-refractivity contribution in [2.45, 2.75) is 6.92 Å². The van der Waals surface area contributed by atoms with Crippen LogP contribution < -0.4 is 14.8 Å². The zero-order valence-corrected chi connectivity index (χ0v) is 22.2. The van der Waals surface area contributed by atoms with E-state index in [1.807, 2.05) is 36.4 Å². The van der Waals surface area contributed by atoms with Crippen LogP contribution in [-0.2, 0) is 4.79 Å². The molecular formula is C30H21BrN2O6. The Balaban J connectivity index is 1.63. The van der Waals surface area contributed by atoms with Gasteiger partial charge in [0.05, 0.1) is 22.2 Å². The Bertz CT molecular complexity index is 1670. The summed E-state index contributed by atoms with van der Waals surface area (Å²) in [5, 5.41) is 22.9. The number of rotatable bonds is 8. The highest BCUT2D eigenvalue weighted by atomic mass is 79.9. The number of hydrogen-bond donors (Lipinski definition) is 2. The molecule has 4 aromatic carbocycles. The molecule has 0 bridgehead atoms. The van der Waals surface area contributed by atoms with Crippen molar-refractivity contribution in [3.05, 3.63) is 106 Å². The van der Waals surface area contributed by atoms with Gasteiger partial charge in [-0.25, -0.2) is 9.59 Å². The number of carbonyl (C=O) groups is 3. The average molecular weight is 585 g/mol. The Labute approximate surface area is 232 Å². The lowest BCUT2D eigenvalue weighted by Gasteiger charge is -2.14. The molecule has 0 aliphatic heterocycles. The van der Waals surface area contributed by atoms with E-state index in [0.29, 0.717) is 15.6 Å². The van der Waals surface area contributed by atoms with E-state index >= 15 is 0 Å². The van der Waals surface area contributed by atoms with E-state index in [1.165, 1.54) is 30.3 Å².